The van der Waals surface area contributed by atoms with Gasteiger partial charge in [-0.25, -0.2) is 0 Å². The van der Waals surface area contributed by atoms with Gasteiger partial charge in [-0.1, -0.05) is 0 Å². The number of carbonyl (C=O) groups is 1. The molecule has 0 saturated carbocycles. The summed E-state index contributed by atoms with van der Waals surface area (Å²) in [5.74, 6) is -0.947. The summed E-state index contributed by atoms with van der Waals surface area (Å²) in [4.78, 5) is 11.2. The van der Waals surface area contributed by atoms with Crippen molar-refractivity contribution in [2.45, 2.75) is 32.8 Å². The molecule has 20 heavy (non-hydrogen) atoms. The van der Waals surface area contributed by atoms with Crippen LogP contribution in [0.15, 0.2) is 0 Å². The van der Waals surface area contributed by atoms with Crippen molar-refractivity contribution in [3.05, 3.63) is 0 Å². The van der Waals surface area contributed by atoms with Gasteiger partial charge >= 0.3 is 5.97 Å². The smallest absolute Gasteiger partial charge is 0.310 e. The molecule has 0 aromatic rings. The molecular formula is C12H22N2O5S. The zero-order valence-corrected chi connectivity index (χ0v) is 12.9. The van der Waals surface area contributed by atoms with E-state index >= 15 is 0 Å². The van der Waals surface area contributed by atoms with Crippen LogP contribution in [0.1, 0.15) is 27.2 Å². The zero-order valence-electron chi connectivity index (χ0n) is 12.1. The molecule has 2 heterocycles. The van der Waals surface area contributed by atoms with E-state index in [2.05, 4.69) is 0 Å². The molecule has 0 radical (unpaired) electrons. The van der Waals surface area contributed by atoms with E-state index in [1.807, 2.05) is 13.8 Å². The van der Waals surface area contributed by atoms with Crippen LogP contribution in [0.25, 0.3) is 0 Å². The lowest BCUT2D eigenvalue weighted by atomic mass is 9.90. The van der Waals surface area contributed by atoms with Crippen LogP contribution in [0.4, 0.5) is 0 Å². The van der Waals surface area contributed by atoms with Crippen molar-refractivity contribution in [1.82, 2.24) is 8.61 Å². The lowest BCUT2D eigenvalue weighted by Crippen LogP contribution is -2.54. The Bertz CT molecular complexity index is 504. The number of carboxylic acid groups (broad SMARTS) is 1. The summed E-state index contributed by atoms with van der Waals surface area (Å²) in [7, 11) is -3.61. The first kappa shape index (κ1) is 15.7. The molecule has 0 aliphatic carbocycles. The molecule has 116 valence electrons. The summed E-state index contributed by atoms with van der Waals surface area (Å²) in [5.41, 5.74) is -1.50. The highest BCUT2D eigenvalue weighted by molar-refractivity contribution is 7.86. The third kappa shape index (κ3) is 2.83. The molecule has 1 atom stereocenters. The van der Waals surface area contributed by atoms with Crippen LogP contribution in [-0.2, 0) is 19.7 Å². The Morgan fingerprint density at radius 1 is 1.15 bits per heavy atom. The molecule has 0 amide bonds. The SMILES string of the molecule is CC1(C)CN(S(=O)(=O)N2CCC(C)(C(=O)O)C2)CCO1. The predicted octanol–water partition coefficient (Wildman–Crippen LogP) is 0.139. The third-order valence-electron chi connectivity index (χ3n) is 4.00. The van der Waals surface area contributed by atoms with E-state index in [1.165, 1.54) is 8.61 Å². The number of ether oxygens (including phenoxy) is 1. The summed E-state index contributed by atoms with van der Waals surface area (Å²) in [6, 6.07) is 0. The largest absolute Gasteiger partial charge is 0.481 e. The van der Waals surface area contributed by atoms with Gasteiger partial charge in [-0.05, 0) is 27.2 Å². The second-order valence-corrected chi connectivity index (χ2v) is 8.33. The number of aliphatic carboxylic acids is 1. The Morgan fingerprint density at radius 3 is 2.25 bits per heavy atom. The highest BCUT2D eigenvalue weighted by atomic mass is 32.2. The molecule has 0 aromatic heterocycles. The van der Waals surface area contributed by atoms with Gasteiger partial charge in [-0.15, -0.1) is 0 Å². The molecule has 0 spiro atoms. The van der Waals surface area contributed by atoms with Crippen molar-refractivity contribution in [3.63, 3.8) is 0 Å². The zero-order chi connectivity index (χ0) is 15.2. The molecule has 7 nitrogen and oxygen atoms in total. The van der Waals surface area contributed by atoms with Crippen LogP contribution in [0.5, 0.6) is 0 Å². The topological polar surface area (TPSA) is 87.2 Å². The van der Waals surface area contributed by atoms with Gasteiger partial charge < -0.3 is 9.84 Å². The summed E-state index contributed by atoms with van der Waals surface area (Å²) in [6.07, 6.45) is 0.343. The molecule has 2 aliphatic heterocycles. The molecule has 8 heteroatoms. The Hall–Kier alpha value is -0.700. The van der Waals surface area contributed by atoms with Crippen molar-refractivity contribution in [2.24, 2.45) is 5.41 Å². The van der Waals surface area contributed by atoms with Gasteiger partial charge in [-0.3, -0.25) is 4.79 Å². The maximum atomic E-state index is 12.6. The summed E-state index contributed by atoms with van der Waals surface area (Å²) in [6.45, 7) is 6.53. The van der Waals surface area contributed by atoms with Crippen molar-refractivity contribution in [3.8, 4) is 0 Å². The molecule has 2 rings (SSSR count). The molecule has 1 N–H and O–H groups in total. The Kier molecular flexibility index (Phi) is 3.87. The van der Waals surface area contributed by atoms with Crippen molar-refractivity contribution < 1.29 is 23.1 Å². The highest BCUT2D eigenvalue weighted by Crippen LogP contribution is 2.33. The van der Waals surface area contributed by atoms with E-state index in [4.69, 9.17) is 4.74 Å². The minimum Gasteiger partial charge on any atom is -0.481 e. The van der Waals surface area contributed by atoms with E-state index in [0.29, 0.717) is 19.6 Å². The Balaban J connectivity index is 2.14. The van der Waals surface area contributed by atoms with E-state index in [9.17, 15) is 18.3 Å². The minimum absolute atomic E-state index is 0.0302. The average Bonchev–Trinajstić information content (AvgIpc) is 2.73. The molecule has 2 aliphatic rings. The van der Waals surface area contributed by atoms with Gasteiger partial charge in [0, 0.05) is 26.2 Å². The monoisotopic (exact) mass is 306 g/mol. The van der Waals surface area contributed by atoms with E-state index in [1.54, 1.807) is 6.92 Å². The summed E-state index contributed by atoms with van der Waals surface area (Å²) in [5, 5.41) is 9.19. The lowest BCUT2D eigenvalue weighted by Gasteiger charge is -2.38. The number of rotatable bonds is 3. The number of carboxylic acids is 1. The van der Waals surface area contributed by atoms with Crippen LogP contribution in [-0.4, -0.2) is 66.5 Å². The number of morpholine rings is 1. The summed E-state index contributed by atoms with van der Waals surface area (Å²) < 4.78 is 33.4. The van der Waals surface area contributed by atoms with Crippen LogP contribution < -0.4 is 0 Å². The van der Waals surface area contributed by atoms with Gasteiger partial charge in [0.2, 0.25) is 0 Å². The average molecular weight is 306 g/mol. The number of hydrogen-bond donors (Lipinski definition) is 1. The van der Waals surface area contributed by atoms with Crippen LogP contribution in [0.3, 0.4) is 0 Å². The summed E-state index contributed by atoms with van der Waals surface area (Å²) >= 11 is 0. The second kappa shape index (κ2) is 4.94. The molecule has 1 unspecified atom stereocenters. The maximum absolute atomic E-state index is 12.6. The van der Waals surface area contributed by atoms with Gasteiger partial charge in [0.05, 0.1) is 17.6 Å². The van der Waals surface area contributed by atoms with Gasteiger partial charge in [0.25, 0.3) is 10.2 Å². The third-order valence-corrected chi connectivity index (χ3v) is 5.93. The molecule has 2 fully saturated rings. The van der Waals surface area contributed by atoms with Gasteiger partial charge in [0.15, 0.2) is 0 Å². The standard InChI is InChI=1S/C12H22N2O5S/c1-11(2)8-14(6-7-19-11)20(17,18)13-5-4-12(3,9-13)10(15)16/h4-9H2,1-3H3,(H,15,16). The maximum Gasteiger partial charge on any atom is 0.310 e. The normalized spacial score (nSPS) is 32.4. The fraction of sp³-hybridized carbons (Fsp3) is 0.917. The predicted molar refractivity (Wildman–Crippen MR) is 72.5 cm³/mol. The first-order valence-corrected chi connectivity index (χ1v) is 8.09. The van der Waals surface area contributed by atoms with Crippen molar-refractivity contribution >= 4 is 16.2 Å². The molecule has 0 bridgehead atoms. The number of nitrogens with zero attached hydrogens (tertiary/aromatic N) is 2. The van der Waals surface area contributed by atoms with E-state index in [0.717, 1.165) is 0 Å². The minimum atomic E-state index is -3.61. The van der Waals surface area contributed by atoms with Crippen molar-refractivity contribution in [1.29, 1.82) is 0 Å². The van der Waals surface area contributed by atoms with E-state index in [-0.39, 0.29) is 19.6 Å². The first-order valence-electron chi connectivity index (χ1n) is 6.69. The van der Waals surface area contributed by atoms with E-state index < -0.39 is 27.2 Å². The Morgan fingerprint density at radius 2 is 1.75 bits per heavy atom. The van der Waals surface area contributed by atoms with Gasteiger partial charge in [-0.2, -0.15) is 17.0 Å². The van der Waals surface area contributed by atoms with Crippen LogP contribution in [0.2, 0.25) is 0 Å². The Labute approximate surface area is 119 Å². The van der Waals surface area contributed by atoms with Crippen LogP contribution >= 0.6 is 0 Å². The quantitative estimate of drug-likeness (QED) is 0.801. The first-order chi connectivity index (χ1) is 9.07. The van der Waals surface area contributed by atoms with Crippen molar-refractivity contribution in [2.75, 3.05) is 32.8 Å². The fourth-order valence-electron chi connectivity index (χ4n) is 2.62. The van der Waals surface area contributed by atoms with Gasteiger partial charge in [0.1, 0.15) is 0 Å². The fourth-order valence-corrected chi connectivity index (χ4v) is 4.50. The molecule has 0 aromatic carbocycles. The molecule has 2 saturated heterocycles. The lowest BCUT2D eigenvalue weighted by molar-refractivity contribution is -0.146. The highest BCUT2D eigenvalue weighted by Gasteiger charge is 2.47. The second-order valence-electron chi connectivity index (χ2n) is 6.40. The van der Waals surface area contributed by atoms with Crippen LogP contribution in [0, 0.1) is 5.41 Å². The number of hydrogen-bond acceptors (Lipinski definition) is 4. The molecular weight excluding hydrogens is 284 g/mol.